The van der Waals surface area contributed by atoms with Crippen molar-refractivity contribution < 1.29 is 19.8 Å². The summed E-state index contributed by atoms with van der Waals surface area (Å²) in [6, 6.07) is 13.6. The predicted molar refractivity (Wildman–Crippen MR) is 85.5 cm³/mol. The van der Waals surface area contributed by atoms with Gasteiger partial charge in [0.15, 0.2) is 6.04 Å². The molecular weight excluding hydrogens is 296 g/mol. The zero-order chi connectivity index (χ0) is 16.8. The van der Waals surface area contributed by atoms with Crippen molar-refractivity contribution in [3.05, 3.63) is 65.7 Å². The summed E-state index contributed by atoms with van der Waals surface area (Å²) in [5, 5.41) is 21.8. The van der Waals surface area contributed by atoms with Gasteiger partial charge in [-0.1, -0.05) is 42.5 Å². The molecule has 120 valence electrons. The number of nitrogens with two attached hydrogens (primary N) is 1. The highest BCUT2D eigenvalue weighted by Gasteiger charge is 2.29. The van der Waals surface area contributed by atoms with Gasteiger partial charge in [-0.05, 0) is 23.3 Å². The van der Waals surface area contributed by atoms with Crippen LogP contribution in [0.15, 0.2) is 54.6 Å². The lowest BCUT2D eigenvalue weighted by Crippen LogP contribution is -2.45. The number of nitrogens with one attached hydrogen (secondary N) is 1. The van der Waals surface area contributed by atoms with E-state index in [2.05, 4.69) is 5.32 Å². The zero-order valence-corrected chi connectivity index (χ0v) is 12.3. The molecule has 0 unspecified atom stereocenters. The first-order chi connectivity index (χ1) is 11.0. The van der Waals surface area contributed by atoms with Gasteiger partial charge in [-0.2, -0.15) is 0 Å². The lowest BCUT2D eigenvalue weighted by atomic mass is 10.0. The molecule has 5 N–H and O–H groups in total. The van der Waals surface area contributed by atoms with Gasteiger partial charge in [-0.3, -0.25) is 4.79 Å². The second-order valence-corrected chi connectivity index (χ2v) is 5.16. The molecule has 0 saturated heterocycles. The minimum atomic E-state index is -1.42. The Morgan fingerprint density at radius 1 is 1.04 bits per heavy atom. The van der Waals surface area contributed by atoms with Crippen molar-refractivity contribution in [2.75, 3.05) is 5.73 Å². The fourth-order valence-electron chi connectivity index (χ4n) is 2.16. The van der Waals surface area contributed by atoms with Crippen molar-refractivity contribution in [1.82, 2.24) is 5.32 Å². The van der Waals surface area contributed by atoms with Gasteiger partial charge in [0.1, 0.15) is 6.10 Å². The molecule has 0 saturated carbocycles. The molecule has 2 aromatic carbocycles. The van der Waals surface area contributed by atoms with Crippen LogP contribution in [0.1, 0.15) is 17.2 Å². The van der Waals surface area contributed by atoms with Crippen LogP contribution in [0.4, 0.5) is 5.69 Å². The van der Waals surface area contributed by atoms with Gasteiger partial charge in [-0.15, -0.1) is 0 Å². The molecule has 0 aromatic heterocycles. The Labute approximate surface area is 133 Å². The molecule has 0 spiro atoms. The molecule has 2 atom stereocenters. The fraction of sp³-hybridized carbons (Fsp3) is 0.176. The van der Waals surface area contributed by atoms with E-state index in [9.17, 15) is 19.8 Å². The second-order valence-electron chi connectivity index (χ2n) is 5.16. The standard InChI is InChI=1S/C17H18N2O4/c18-13-8-6-11(7-9-13)10-14(20)19-15(17(22)23)16(21)12-4-2-1-3-5-12/h1-9,15-16,21H,10,18H2,(H,19,20)(H,22,23)/t15-,16-/m1/s1. The summed E-state index contributed by atoms with van der Waals surface area (Å²) in [5.74, 6) is -1.79. The second kappa shape index (κ2) is 7.42. The maximum Gasteiger partial charge on any atom is 0.329 e. The quantitative estimate of drug-likeness (QED) is 0.597. The SMILES string of the molecule is Nc1ccc(CC(=O)N[C@@H](C(=O)O)[C@H](O)c2ccccc2)cc1. The highest BCUT2D eigenvalue weighted by molar-refractivity contribution is 5.85. The maximum atomic E-state index is 12.0. The van der Waals surface area contributed by atoms with Crippen LogP contribution in [0.2, 0.25) is 0 Å². The molecule has 0 radical (unpaired) electrons. The molecule has 23 heavy (non-hydrogen) atoms. The molecule has 0 fully saturated rings. The third-order valence-electron chi connectivity index (χ3n) is 3.38. The van der Waals surface area contributed by atoms with E-state index < -0.39 is 24.0 Å². The van der Waals surface area contributed by atoms with Gasteiger partial charge in [0.2, 0.25) is 5.91 Å². The number of carbonyl (C=O) groups excluding carboxylic acids is 1. The number of amides is 1. The molecule has 0 heterocycles. The van der Waals surface area contributed by atoms with E-state index in [1.807, 2.05) is 0 Å². The van der Waals surface area contributed by atoms with Crippen molar-refractivity contribution in [3.8, 4) is 0 Å². The number of nitrogen functional groups attached to an aromatic ring is 1. The van der Waals surface area contributed by atoms with Crippen LogP contribution in [0.25, 0.3) is 0 Å². The van der Waals surface area contributed by atoms with Gasteiger partial charge >= 0.3 is 5.97 Å². The summed E-state index contributed by atoms with van der Waals surface area (Å²) < 4.78 is 0. The minimum absolute atomic E-state index is 0.00553. The third kappa shape index (κ3) is 4.55. The van der Waals surface area contributed by atoms with Crippen LogP contribution in [0.3, 0.4) is 0 Å². The Hall–Kier alpha value is -2.86. The Balaban J connectivity index is 2.05. The minimum Gasteiger partial charge on any atom is -0.480 e. The third-order valence-corrected chi connectivity index (χ3v) is 3.38. The molecule has 1 amide bonds. The first-order valence-corrected chi connectivity index (χ1v) is 7.07. The highest BCUT2D eigenvalue weighted by atomic mass is 16.4. The number of aliphatic carboxylic acids is 1. The van der Waals surface area contributed by atoms with Crippen molar-refractivity contribution >= 4 is 17.6 Å². The number of rotatable bonds is 6. The Kier molecular flexibility index (Phi) is 5.32. The highest BCUT2D eigenvalue weighted by Crippen LogP contribution is 2.17. The van der Waals surface area contributed by atoms with E-state index >= 15 is 0 Å². The topological polar surface area (TPSA) is 113 Å². The first kappa shape index (κ1) is 16.5. The number of aliphatic hydroxyl groups is 1. The number of hydrogen-bond donors (Lipinski definition) is 4. The Bertz CT molecular complexity index is 671. The van der Waals surface area contributed by atoms with E-state index in [1.165, 1.54) is 0 Å². The Morgan fingerprint density at radius 3 is 2.22 bits per heavy atom. The smallest absolute Gasteiger partial charge is 0.329 e. The molecule has 0 aliphatic carbocycles. The van der Waals surface area contributed by atoms with Gasteiger partial charge < -0.3 is 21.3 Å². The monoisotopic (exact) mass is 314 g/mol. The molecule has 2 rings (SSSR count). The van der Waals surface area contributed by atoms with E-state index in [0.29, 0.717) is 16.8 Å². The first-order valence-electron chi connectivity index (χ1n) is 7.07. The van der Waals surface area contributed by atoms with E-state index in [4.69, 9.17) is 5.73 Å². The molecular formula is C17H18N2O4. The number of aliphatic hydroxyl groups excluding tert-OH is 1. The number of benzene rings is 2. The normalized spacial score (nSPS) is 13.1. The Morgan fingerprint density at radius 2 is 1.65 bits per heavy atom. The van der Waals surface area contributed by atoms with E-state index in [1.54, 1.807) is 54.6 Å². The summed E-state index contributed by atoms with van der Waals surface area (Å²) >= 11 is 0. The molecule has 0 aliphatic rings. The van der Waals surface area contributed by atoms with Crippen LogP contribution < -0.4 is 11.1 Å². The summed E-state index contributed by atoms with van der Waals surface area (Å²) in [6.07, 6.45) is -1.32. The van der Waals surface area contributed by atoms with E-state index in [0.717, 1.165) is 0 Å². The van der Waals surface area contributed by atoms with Crippen LogP contribution in [-0.4, -0.2) is 28.1 Å². The number of carboxylic acids is 1. The van der Waals surface area contributed by atoms with Crippen molar-refractivity contribution in [1.29, 1.82) is 0 Å². The number of carbonyl (C=O) groups is 2. The molecule has 6 heteroatoms. The molecule has 0 bridgehead atoms. The van der Waals surface area contributed by atoms with Crippen molar-refractivity contribution in [2.24, 2.45) is 0 Å². The average Bonchev–Trinajstić information content (AvgIpc) is 2.55. The van der Waals surface area contributed by atoms with Crippen LogP contribution in [-0.2, 0) is 16.0 Å². The molecule has 6 nitrogen and oxygen atoms in total. The fourth-order valence-corrected chi connectivity index (χ4v) is 2.16. The average molecular weight is 314 g/mol. The summed E-state index contributed by atoms with van der Waals surface area (Å²) in [6.45, 7) is 0. The van der Waals surface area contributed by atoms with Gasteiger partial charge in [0.25, 0.3) is 0 Å². The number of hydrogen-bond acceptors (Lipinski definition) is 4. The van der Waals surface area contributed by atoms with Gasteiger partial charge in [-0.25, -0.2) is 4.79 Å². The summed E-state index contributed by atoms with van der Waals surface area (Å²) in [7, 11) is 0. The lowest BCUT2D eigenvalue weighted by molar-refractivity contribution is -0.145. The van der Waals surface area contributed by atoms with Crippen LogP contribution >= 0.6 is 0 Å². The van der Waals surface area contributed by atoms with Gasteiger partial charge in [0.05, 0.1) is 6.42 Å². The number of carboxylic acid groups (broad SMARTS) is 1. The maximum absolute atomic E-state index is 12.0. The largest absolute Gasteiger partial charge is 0.480 e. The van der Waals surface area contributed by atoms with Crippen LogP contribution in [0.5, 0.6) is 0 Å². The van der Waals surface area contributed by atoms with Crippen molar-refractivity contribution in [2.45, 2.75) is 18.6 Å². The predicted octanol–water partition coefficient (Wildman–Crippen LogP) is 1.11. The van der Waals surface area contributed by atoms with Crippen LogP contribution in [0, 0.1) is 0 Å². The summed E-state index contributed by atoms with van der Waals surface area (Å²) in [5.41, 5.74) is 7.28. The lowest BCUT2D eigenvalue weighted by Gasteiger charge is -2.20. The van der Waals surface area contributed by atoms with Crippen molar-refractivity contribution in [3.63, 3.8) is 0 Å². The molecule has 2 aromatic rings. The zero-order valence-electron chi connectivity index (χ0n) is 12.3. The van der Waals surface area contributed by atoms with Gasteiger partial charge in [0, 0.05) is 5.69 Å². The number of anilines is 1. The van der Waals surface area contributed by atoms with E-state index in [-0.39, 0.29) is 6.42 Å². The molecule has 0 aliphatic heterocycles. The summed E-state index contributed by atoms with van der Waals surface area (Å²) in [4.78, 5) is 23.4.